The quantitative estimate of drug-likeness (QED) is 0.322. The van der Waals surface area contributed by atoms with Crippen molar-refractivity contribution in [3.8, 4) is 0 Å². The summed E-state index contributed by atoms with van der Waals surface area (Å²) in [6, 6.07) is 0. The molecule has 78 valence electrons. The Balaban J connectivity index is 2.60. The number of nitrogens with two attached hydrogens (primary N) is 1. The molecule has 0 amide bonds. The van der Waals surface area contributed by atoms with Crippen LogP contribution >= 0.6 is 0 Å². The number of rotatable bonds is 3. The lowest BCUT2D eigenvalue weighted by molar-refractivity contribution is -0.0798. The van der Waals surface area contributed by atoms with Gasteiger partial charge in [0.05, 0.1) is 12.7 Å². The van der Waals surface area contributed by atoms with E-state index in [9.17, 15) is 15.3 Å². The van der Waals surface area contributed by atoms with E-state index in [1.807, 2.05) is 0 Å². The van der Waals surface area contributed by atoms with Gasteiger partial charge in [0.25, 0.3) is 0 Å². The Kier molecular flexibility index (Phi) is 3.60. The van der Waals surface area contributed by atoms with Gasteiger partial charge >= 0.3 is 0 Å². The Morgan fingerprint density at radius 2 is 1.92 bits per heavy atom. The predicted octanol–water partition coefficient (Wildman–Crippen LogP) is -3.21. The summed E-state index contributed by atoms with van der Waals surface area (Å²) in [6.07, 6.45) is -5.14. The Hall–Kier alpha value is -0.240. The summed E-state index contributed by atoms with van der Waals surface area (Å²) in [7, 11) is 0. The summed E-state index contributed by atoms with van der Waals surface area (Å²) in [6.45, 7) is -0.460. The number of aliphatic hydroxyl groups excluding tert-OH is 4. The summed E-state index contributed by atoms with van der Waals surface area (Å²) in [5.41, 5.74) is 5.25. The highest BCUT2D eigenvalue weighted by atomic mass is 16.6. The normalized spacial score (nSPS) is 42.2. The lowest BCUT2D eigenvalue weighted by Crippen LogP contribution is -2.40. The molecule has 0 aromatic carbocycles. The molecule has 1 heterocycles. The van der Waals surface area contributed by atoms with Crippen LogP contribution in [0.5, 0.6) is 0 Å². The van der Waals surface area contributed by atoms with Gasteiger partial charge < -0.3 is 30.9 Å². The van der Waals surface area contributed by atoms with E-state index in [1.54, 1.807) is 0 Å². The van der Waals surface area contributed by atoms with Crippen molar-refractivity contribution in [1.82, 2.24) is 0 Å². The van der Waals surface area contributed by atoms with E-state index in [1.165, 1.54) is 0 Å². The zero-order chi connectivity index (χ0) is 10.0. The Morgan fingerprint density at radius 1 is 1.31 bits per heavy atom. The smallest absolute Gasteiger partial charge is 0.115 e. The molecule has 5 atom stereocenters. The van der Waals surface area contributed by atoms with Crippen molar-refractivity contribution in [2.24, 2.45) is 5.73 Å². The van der Waals surface area contributed by atoms with E-state index in [0.717, 1.165) is 0 Å². The van der Waals surface area contributed by atoms with Crippen LogP contribution in [0.4, 0.5) is 0 Å². The van der Waals surface area contributed by atoms with Gasteiger partial charge in [-0.2, -0.15) is 0 Å². The molecule has 1 aliphatic heterocycles. The first-order chi connectivity index (χ1) is 6.11. The van der Waals surface area contributed by atoms with Crippen LogP contribution in [0.15, 0.2) is 0 Å². The van der Waals surface area contributed by atoms with Gasteiger partial charge in [-0.05, 0) is 0 Å². The molecule has 0 radical (unpaired) electrons. The molecule has 1 saturated heterocycles. The molecule has 0 aromatic heterocycles. The molecule has 0 bridgehead atoms. The third-order valence-corrected chi connectivity index (χ3v) is 2.20. The van der Waals surface area contributed by atoms with E-state index >= 15 is 0 Å². The molecule has 0 saturated carbocycles. The third kappa shape index (κ3) is 1.98. The SMILES string of the molecule is NC[C@H]1O[C@@H]([C@H](O)CO)[C@H](O)[C@H]1O. The van der Waals surface area contributed by atoms with Gasteiger partial charge in [0, 0.05) is 6.54 Å². The number of ether oxygens (including phenoxy) is 1. The highest BCUT2D eigenvalue weighted by Gasteiger charge is 2.44. The molecule has 0 spiro atoms. The number of aliphatic hydroxyl groups is 4. The first-order valence-corrected chi connectivity index (χ1v) is 4.12. The second-order valence-corrected chi connectivity index (χ2v) is 3.11. The van der Waals surface area contributed by atoms with Crippen LogP contribution in [0.2, 0.25) is 0 Å². The molecule has 1 fully saturated rings. The van der Waals surface area contributed by atoms with Gasteiger partial charge in [0.2, 0.25) is 0 Å². The van der Waals surface area contributed by atoms with Crippen molar-refractivity contribution < 1.29 is 25.2 Å². The number of hydrogen-bond donors (Lipinski definition) is 5. The van der Waals surface area contributed by atoms with E-state index in [0.29, 0.717) is 0 Å². The van der Waals surface area contributed by atoms with Crippen molar-refractivity contribution in [3.05, 3.63) is 0 Å². The van der Waals surface area contributed by atoms with Gasteiger partial charge in [-0.3, -0.25) is 0 Å². The van der Waals surface area contributed by atoms with E-state index in [4.69, 9.17) is 15.6 Å². The Labute approximate surface area is 75.6 Å². The zero-order valence-electron chi connectivity index (χ0n) is 7.08. The monoisotopic (exact) mass is 193 g/mol. The lowest BCUT2D eigenvalue weighted by atomic mass is 10.0. The van der Waals surface area contributed by atoms with Gasteiger partial charge in [0.1, 0.15) is 24.4 Å². The summed E-state index contributed by atoms with van der Waals surface area (Å²) < 4.78 is 5.05. The molecule has 0 aliphatic carbocycles. The number of hydrogen-bond acceptors (Lipinski definition) is 6. The predicted molar refractivity (Wildman–Crippen MR) is 42.8 cm³/mol. The molecular weight excluding hydrogens is 178 g/mol. The first kappa shape index (κ1) is 10.8. The minimum Gasteiger partial charge on any atom is -0.394 e. The molecule has 0 unspecified atom stereocenters. The van der Waals surface area contributed by atoms with E-state index < -0.39 is 37.1 Å². The topological polar surface area (TPSA) is 116 Å². The van der Waals surface area contributed by atoms with Crippen molar-refractivity contribution in [1.29, 1.82) is 0 Å². The maximum Gasteiger partial charge on any atom is 0.115 e. The largest absolute Gasteiger partial charge is 0.394 e. The first-order valence-electron chi connectivity index (χ1n) is 4.12. The standard InChI is InChI=1S/C7H15NO5/c8-1-4-5(11)6(12)7(13-4)3(10)2-9/h3-7,9-12H,1-2,8H2/t3-,4-,5+,6-,7+/m1/s1. The molecule has 0 aromatic rings. The fourth-order valence-corrected chi connectivity index (χ4v) is 1.39. The van der Waals surface area contributed by atoms with E-state index in [-0.39, 0.29) is 6.54 Å². The summed E-state index contributed by atoms with van der Waals surface area (Å²) in [5, 5.41) is 36.5. The second-order valence-electron chi connectivity index (χ2n) is 3.11. The average molecular weight is 193 g/mol. The van der Waals surface area contributed by atoms with Gasteiger partial charge in [-0.15, -0.1) is 0 Å². The fraction of sp³-hybridized carbons (Fsp3) is 1.00. The van der Waals surface area contributed by atoms with Crippen LogP contribution < -0.4 is 5.73 Å². The average Bonchev–Trinajstić information content (AvgIpc) is 2.43. The van der Waals surface area contributed by atoms with Gasteiger partial charge in [-0.25, -0.2) is 0 Å². The lowest BCUT2D eigenvalue weighted by Gasteiger charge is -2.18. The fourth-order valence-electron chi connectivity index (χ4n) is 1.39. The third-order valence-electron chi connectivity index (χ3n) is 2.20. The maximum atomic E-state index is 9.36. The van der Waals surface area contributed by atoms with Gasteiger partial charge in [0.15, 0.2) is 0 Å². The van der Waals surface area contributed by atoms with Crippen LogP contribution in [0.3, 0.4) is 0 Å². The van der Waals surface area contributed by atoms with Crippen molar-refractivity contribution in [3.63, 3.8) is 0 Å². The molecule has 1 aliphatic rings. The van der Waals surface area contributed by atoms with E-state index in [2.05, 4.69) is 0 Å². The summed E-state index contributed by atoms with van der Waals surface area (Å²) >= 11 is 0. The van der Waals surface area contributed by atoms with Crippen LogP contribution in [0.1, 0.15) is 0 Å². The van der Waals surface area contributed by atoms with Crippen LogP contribution in [-0.4, -0.2) is 64.1 Å². The summed E-state index contributed by atoms with van der Waals surface area (Å²) in [5.74, 6) is 0. The Morgan fingerprint density at radius 3 is 2.31 bits per heavy atom. The molecule has 13 heavy (non-hydrogen) atoms. The van der Waals surface area contributed by atoms with Crippen LogP contribution in [0.25, 0.3) is 0 Å². The minimum absolute atomic E-state index is 0.0624. The van der Waals surface area contributed by atoms with Crippen molar-refractivity contribution >= 4 is 0 Å². The zero-order valence-corrected chi connectivity index (χ0v) is 7.08. The highest BCUT2D eigenvalue weighted by molar-refractivity contribution is 4.93. The molecular formula is C7H15NO5. The summed E-state index contributed by atoms with van der Waals surface area (Å²) in [4.78, 5) is 0. The van der Waals surface area contributed by atoms with Crippen LogP contribution in [-0.2, 0) is 4.74 Å². The van der Waals surface area contributed by atoms with Crippen LogP contribution in [0, 0.1) is 0 Å². The van der Waals surface area contributed by atoms with Gasteiger partial charge in [-0.1, -0.05) is 0 Å². The molecule has 6 N–H and O–H groups in total. The second kappa shape index (κ2) is 4.32. The molecule has 1 rings (SSSR count). The highest BCUT2D eigenvalue weighted by Crippen LogP contribution is 2.22. The maximum absolute atomic E-state index is 9.36. The Bertz CT molecular complexity index is 167. The molecule has 6 nitrogen and oxygen atoms in total. The van der Waals surface area contributed by atoms with Crippen molar-refractivity contribution in [2.75, 3.05) is 13.2 Å². The molecule has 6 heteroatoms. The van der Waals surface area contributed by atoms with Crippen molar-refractivity contribution in [2.45, 2.75) is 30.5 Å². The minimum atomic E-state index is -1.20.